The molecular weight excluding hydrogens is 252 g/mol. The fourth-order valence-corrected chi connectivity index (χ4v) is 2.63. The fraction of sp³-hybridized carbons (Fsp3) is 0.412. The molecule has 1 aromatic rings. The summed E-state index contributed by atoms with van der Waals surface area (Å²) in [5.41, 5.74) is 1.30. The number of thioether (sulfide) groups is 1. The summed E-state index contributed by atoms with van der Waals surface area (Å²) in [5, 5.41) is 11.2. The maximum Gasteiger partial charge on any atom is 0.0444 e. The van der Waals surface area contributed by atoms with Crippen LogP contribution in [-0.2, 0) is 0 Å². The normalized spacial score (nSPS) is 14.3. The van der Waals surface area contributed by atoms with Crippen LogP contribution in [0.3, 0.4) is 0 Å². The smallest absolute Gasteiger partial charge is 0.0444 e. The molecule has 0 fully saturated rings. The Bertz CT molecular complexity index is 407. The van der Waals surface area contributed by atoms with Gasteiger partial charge in [-0.25, -0.2) is 0 Å². The third kappa shape index (κ3) is 6.13. The largest absolute Gasteiger partial charge is 0.396 e. The van der Waals surface area contributed by atoms with Gasteiger partial charge in [0.05, 0.1) is 0 Å². The molecule has 1 aromatic carbocycles. The first-order valence-electron chi connectivity index (χ1n) is 6.72. The van der Waals surface area contributed by atoms with E-state index in [2.05, 4.69) is 61.7 Å². The minimum absolute atomic E-state index is 0.0857. The Morgan fingerprint density at radius 3 is 2.47 bits per heavy atom. The number of hydrogen-bond donors (Lipinski definition) is 1. The maximum absolute atomic E-state index is 9.02. The summed E-state index contributed by atoms with van der Waals surface area (Å²) in [4.78, 5) is 0. The van der Waals surface area contributed by atoms with E-state index in [0.717, 1.165) is 6.42 Å². The summed E-state index contributed by atoms with van der Waals surface area (Å²) in [6, 6.07) is 10.5. The molecule has 0 amide bonds. The molecule has 0 aliphatic carbocycles. The van der Waals surface area contributed by atoms with Crippen LogP contribution in [0.5, 0.6) is 0 Å². The molecule has 1 rings (SSSR count). The van der Waals surface area contributed by atoms with Crippen molar-refractivity contribution in [3.05, 3.63) is 59.5 Å². The fourth-order valence-electron chi connectivity index (χ4n) is 1.81. The second kappa shape index (κ2) is 8.23. The number of rotatable bonds is 7. The van der Waals surface area contributed by atoms with Gasteiger partial charge in [-0.3, -0.25) is 0 Å². The van der Waals surface area contributed by atoms with Crippen molar-refractivity contribution in [1.29, 1.82) is 0 Å². The van der Waals surface area contributed by atoms with Gasteiger partial charge >= 0.3 is 0 Å². The zero-order chi connectivity index (χ0) is 14.1. The van der Waals surface area contributed by atoms with Gasteiger partial charge in [0.15, 0.2) is 0 Å². The molecule has 2 heteroatoms. The molecule has 1 unspecified atom stereocenters. The van der Waals surface area contributed by atoms with Crippen LogP contribution in [0, 0.1) is 0 Å². The van der Waals surface area contributed by atoms with Crippen molar-refractivity contribution in [1.82, 2.24) is 0 Å². The Morgan fingerprint density at radius 2 is 1.89 bits per heavy atom. The maximum atomic E-state index is 9.02. The molecule has 0 radical (unpaired) electrons. The average Bonchev–Trinajstić information content (AvgIpc) is 2.38. The Hall–Kier alpha value is -0.990. The van der Waals surface area contributed by atoms with E-state index in [1.807, 2.05) is 13.0 Å². The zero-order valence-corrected chi connectivity index (χ0v) is 12.9. The van der Waals surface area contributed by atoms with E-state index in [0.29, 0.717) is 5.92 Å². The summed E-state index contributed by atoms with van der Waals surface area (Å²) < 4.78 is 0.0857. The lowest BCUT2D eigenvalue weighted by Crippen LogP contribution is -2.15. The molecule has 1 nitrogen and oxygen atoms in total. The Balaban J connectivity index is 2.70. The van der Waals surface area contributed by atoms with Gasteiger partial charge in [0.25, 0.3) is 0 Å². The van der Waals surface area contributed by atoms with Gasteiger partial charge in [0.1, 0.15) is 0 Å². The van der Waals surface area contributed by atoms with E-state index in [-0.39, 0.29) is 11.4 Å². The standard InChI is InChI=1S/C17H24OS/c1-4-8-15(16-9-6-5-7-10-16)11-14-19-17(2,3)12-13-18/h4-11,14-15,18H,12-13H2,1-3H3/b8-4+,14-11+. The van der Waals surface area contributed by atoms with Crippen LogP contribution in [0.15, 0.2) is 54.0 Å². The monoisotopic (exact) mass is 276 g/mol. The van der Waals surface area contributed by atoms with E-state index in [1.165, 1.54) is 5.56 Å². The first kappa shape index (κ1) is 16.1. The quantitative estimate of drug-likeness (QED) is 0.725. The number of allylic oxidation sites excluding steroid dienone is 3. The van der Waals surface area contributed by atoms with Crippen LogP contribution in [0.4, 0.5) is 0 Å². The van der Waals surface area contributed by atoms with E-state index in [1.54, 1.807) is 11.8 Å². The molecular formula is C17H24OS. The summed E-state index contributed by atoms with van der Waals surface area (Å²) in [7, 11) is 0. The summed E-state index contributed by atoms with van der Waals surface area (Å²) in [5.74, 6) is 0.323. The molecule has 0 aliphatic rings. The van der Waals surface area contributed by atoms with Crippen LogP contribution in [0.25, 0.3) is 0 Å². The van der Waals surface area contributed by atoms with Crippen molar-refractivity contribution >= 4 is 11.8 Å². The number of benzene rings is 1. The number of aliphatic hydroxyl groups excluding tert-OH is 1. The summed E-state index contributed by atoms with van der Waals surface area (Å²) >= 11 is 1.78. The predicted octanol–water partition coefficient (Wildman–Crippen LogP) is 4.75. The zero-order valence-electron chi connectivity index (χ0n) is 12.0. The van der Waals surface area contributed by atoms with E-state index >= 15 is 0 Å². The van der Waals surface area contributed by atoms with Crippen LogP contribution in [0.1, 0.15) is 38.7 Å². The van der Waals surface area contributed by atoms with Gasteiger partial charge in [-0.05, 0) is 24.3 Å². The van der Waals surface area contributed by atoms with Crippen LogP contribution >= 0.6 is 11.8 Å². The average molecular weight is 276 g/mol. The molecule has 0 heterocycles. The molecule has 0 spiro atoms. The molecule has 1 N–H and O–H groups in total. The molecule has 104 valence electrons. The number of hydrogen-bond acceptors (Lipinski definition) is 2. The van der Waals surface area contributed by atoms with Crippen molar-refractivity contribution in [2.75, 3.05) is 6.61 Å². The van der Waals surface area contributed by atoms with Gasteiger partial charge in [-0.2, -0.15) is 0 Å². The summed E-state index contributed by atoms with van der Waals surface area (Å²) in [6.45, 7) is 6.61. The highest BCUT2D eigenvalue weighted by molar-refractivity contribution is 8.03. The highest BCUT2D eigenvalue weighted by Gasteiger charge is 2.15. The second-order valence-electron chi connectivity index (χ2n) is 5.14. The molecule has 1 atom stereocenters. The number of aliphatic hydroxyl groups is 1. The topological polar surface area (TPSA) is 20.2 Å². The molecule has 19 heavy (non-hydrogen) atoms. The van der Waals surface area contributed by atoms with Gasteiger partial charge in [-0.15, -0.1) is 11.8 Å². The Morgan fingerprint density at radius 1 is 1.21 bits per heavy atom. The Labute approximate surface area is 121 Å². The van der Waals surface area contributed by atoms with Crippen LogP contribution in [-0.4, -0.2) is 16.5 Å². The van der Waals surface area contributed by atoms with E-state index < -0.39 is 0 Å². The van der Waals surface area contributed by atoms with Crippen molar-refractivity contribution in [3.8, 4) is 0 Å². The predicted molar refractivity (Wildman–Crippen MR) is 86.5 cm³/mol. The van der Waals surface area contributed by atoms with Crippen LogP contribution < -0.4 is 0 Å². The molecule has 0 saturated carbocycles. The van der Waals surface area contributed by atoms with Crippen molar-refractivity contribution in [2.24, 2.45) is 0 Å². The van der Waals surface area contributed by atoms with Crippen molar-refractivity contribution in [2.45, 2.75) is 37.9 Å². The highest BCUT2D eigenvalue weighted by atomic mass is 32.2. The molecule has 0 bridgehead atoms. The molecule has 0 aliphatic heterocycles. The lowest BCUT2D eigenvalue weighted by Gasteiger charge is -2.20. The minimum Gasteiger partial charge on any atom is -0.396 e. The third-order valence-corrected chi connectivity index (χ3v) is 4.11. The molecule has 0 aromatic heterocycles. The van der Waals surface area contributed by atoms with Gasteiger partial charge in [-0.1, -0.05) is 62.4 Å². The van der Waals surface area contributed by atoms with E-state index in [9.17, 15) is 0 Å². The molecule has 0 saturated heterocycles. The highest BCUT2D eigenvalue weighted by Crippen LogP contribution is 2.30. The first-order chi connectivity index (χ1) is 9.09. The minimum atomic E-state index is 0.0857. The van der Waals surface area contributed by atoms with Crippen molar-refractivity contribution < 1.29 is 5.11 Å². The van der Waals surface area contributed by atoms with E-state index in [4.69, 9.17) is 5.11 Å². The third-order valence-electron chi connectivity index (χ3n) is 2.97. The lowest BCUT2D eigenvalue weighted by atomic mass is 9.99. The van der Waals surface area contributed by atoms with Gasteiger partial charge in [0, 0.05) is 17.3 Å². The second-order valence-corrected chi connectivity index (χ2v) is 6.75. The van der Waals surface area contributed by atoms with Gasteiger partial charge < -0.3 is 5.11 Å². The van der Waals surface area contributed by atoms with Crippen LogP contribution in [0.2, 0.25) is 0 Å². The SMILES string of the molecule is C/C=C/C(/C=C/SC(C)(C)CCO)c1ccccc1. The Kier molecular flexibility index (Phi) is 6.96. The first-order valence-corrected chi connectivity index (χ1v) is 7.60. The van der Waals surface area contributed by atoms with Gasteiger partial charge in [0.2, 0.25) is 0 Å². The summed E-state index contributed by atoms with van der Waals surface area (Å²) in [6.07, 6.45) is 7.32. The lowest BCUT2D eigenvalue weighted by molar-refractivity contribution is 0.275. The van der Waals surface area contributed by atoms with Crippen molar-refractivity contribution in [3.63, 3.8) is 0 Å².